The van der Waals surface area contributed by atoms with Crippen molar-refractivity contribution in [1.29, 1.82) is 0 Å². The summed E-state index contributed by atoms with van der Waals surface area (Å²) in [5, 5.41) is 0. The Morgan fingerprint density at radius 3 is 1.00 bits per heavy atom. The van der Waals surface area contributed by atoms with Crippen LogP contribution in [0.5, 0.6) is 0 Å². The van der Waals surface area contributed by atoms with Crippen molar-refractivity contribution in [2.24, 2.45) is 0 Å². The monoisotopic (exact) mass is 100 g/mol. The maximum atomic E-state index is 8.57. The lowest BCUT2D eigenvalue weighted by atomic mass is 11.2. The van der Waals surface area contributed by atoms with Crippen molar-refractivity contribution in [3.63, 3.8) is 0 Å². The first-order valence-electron chi connectivity index (χ1n) is 1.12. The van der Waals surface area contributed by atoms with Crippen molar-refractivity contribution in [2.75, 3.05) is 0 Å². The Balaban J connectivity index is -0.0000000400. The van der Waals surface area contributed by atoms with E-state index in [1.54, 1.807) is 0 Å². The summed E-state index contributed by atoms with van der Waals surface area (Å²) in [6.45, 7) is 5.36. The normalized spacial score (nSPS) is 2.29. The van der Waals surface area contributed by atoms with Gasteiger partial charge in [-0.1, -0.05) is 7.43 Å². The van der Waals surface area contributed by atoms with Crippen molar-refractivity contribution < 1.29 is 9.59 Å². The number of carbonyl (C=O) groups excluding carboxylic acids is 2. The Labute approximate surface area is 43.2 Å². The van der Waals surface area contributed by atoms with Gasteiger partial charge in [-0.25, -0.2) is 9.59 Å². The van der Waals surface area contributed by atoms with E-state index in [4.69, 9.17) is 9.59 Å². The van der Waals surface area contributed by atoms with Crippen LogP contribution in [0.3, 0.4) is 0 Å². The lowest BCUT2D eigenvalue weighted by molar-refractivity contribution is 0.569. The molecular formula is C5H8O2. The van der Waals surface area contributed by atoms with E-state index >= 15 is 0 Å². The summed E-state index contributed by atoms with van der Waals surface area (Å²) in [6, 6.07) is 0. The SMILES string of the molecule is C.C=C=O.C=C=O. The lowest BCUT2D eigenvalue weighted by Crippen LogP contribution is -1.15. The highest BCUT2D eigenvalue weighted by atomic mass is 16.1. The minimum absolute atomic E-state index is 0. The van der Waals surface area contributed by atoms with Gasteiger partial charge in [0, 0.05) is 0 Å². The maximum Gasteiger partial charge on any atom is 0.116 e. The van der Waals surface area contributed by atoms with Gasteiger partial charge in [-0.05, 0) is 13.2 Å². The largest absolute Gasteiger partial charge is 0.234 e. The molecule has 0 aromatic heterocycles. The van der Waals surface area contributed by atoms with Crippen molar-refractivity contribution in [1.82, 2.24) is 0 Å². The van der Waals surface area contributed by atoms with E-state index in [0.717, 1.165) is 0 Å². The fraction of sp³-hybridized carbons (Fsp3) is 0.200. The Kier molecular flexibility index (Phi) is 221. The Hall–Kier alpha value is -1.10. The molecule has 7 heavy (non-hydrogen) atoms. The minimum Gasteiger partial charge on any atom is -0.234 e. The molecule has 0 rings (SSSR count). The lowest BCUT2D eigenvalue weighted by Gasteiger charge is -1.02. The molecule has 40 valence electrons. The average Bonchev–Trinajstić information content (AvgIpc) is 1.39. The van der Waals surface area contributed by atoms with Gasteiger partial charge in [0.2, 0.25) is 0 Å². The number of hydrogen-bond acceptors (Lipinski definition) is 2. The summed E-state index contributed by atoms with van der Waals surface area (Å²) in [7, 11) is 0. The fourth-order valence-corrected chi connectivity index (χ4v) is 0. The molecule has 0 atom stereocenters. The van der Waals surface area contributed by atoms with E-state index in [1.807, 2.05) is 0 Å². The Bertz CT molecular complexity index is 60.1. The standard InChI is InChI=1S/2C2H2O.CH4/c2*1-2-3;/h2*1H2;1H4. The van der Waals surface area contributed by atoms with E-state index in [1.165, 1.54) is 11.9 Å². The molecule has 0 aliphatic rings. The van der Waals surface area contributed by atoms with Crippen molar-refractivity contribution in [2.45, 2.75) is 7.43 Å². The molecule has 0 unspecified atom stereocenters. The summed E-state index contributed by atoms with van der Waals surface area (Å²) in [5.74, 6) is 2.50. The van der Waals surface area contributed by atoms with Crippen LogP contribution in [-0.4, -0.2) is 11.9 Å². The molecule has 2 heteroatoms. The van der Waals surface area contributed by atoms with Crippen LogP contribution in [0.15, 0.2) is 13.2 Å². The molecule has 0 N–H and O–H groups in total. The molecule has 0 aliphatic heterocycles. The molecule has 0 aliphatic carbocycles. The smallest absolute Gasteiger partial charge is 0.116 e. The third-order valence-electron chi connectivity index (χ3n) is 0. The topological polar surface area (TPSA) is 34.1 Å². The molecule has 0 saturated carbocycles. The van der Waals surface area contributed by atoms with Gasteiger partial charge in [0.1, 0.15) is 11.9 Å². The van der Waals surface area contributed by atoms with Crippen LogP contribution >= 0.6 is 0 Å². The first kappa shape index (κ1) is 16.8. The molecule has 0 spiro atoms. The highest BCUT2D eigenvalue weighted by Crippen LogP contribution is 0.897. The fourth-order valence-electron chi connectivity index (χ4n) is 0. The van der Waals surface area contributed by atoms with Gasteiger partial charge in [0.05, 0.1) is 0 Å². The van der Waals surface area contributed by atoms with Gasteiger partial charge in [-0.15, -0.1) is 0 Å². The zero-order chi connectivity index (χ0) is 5.41. The zero-order valence-electron chi connectivity index (χ0n) is 3.23. The molecule has 0 saturated heterocycles. The summed E-state index contributed by atoms with van der Waals surface area (Å²) in [6.07, 6.45) is 0. The average molecular weight is 100 g/mol. The van der Waals surface area contributed by atoms with E-state index in [0.29, 0.717) is 0 Å². The highest BCUT2D eigenvalue weighted by Gasteiger charge is 1.01. The summed E-state index contributed by atoms with van der Waals surface area (Å²) in [4.78, 5) is 17.1. The van der Waals surface area contributed by atoms with Crippen LogP contribution in [0.25, 0.3) is 0 Å². The molecule has 0 aromatic rings. The first-order valence-corrected chi connectivity index (χ1v) is 1.12. The predicted octanol–water partition coefficient (Wildman–Crippen LogP) is 0.644. The van der Waals surface area contributed by atoms with Gasteiger partial charge < -0.3 is 0 Å². The molecule has 0 amide bonds. The third kappa shape index (κ3) is 34.1. The van der Waals surface area contributed by atoms with E-state index in [-0.39, 0.29) is 7.43 Å². The van der Waals surface area contributed by atoms with E-state index in [9.17, 15) is 0 Å². The first-order chi connectivity index (χ1) is 2.83. The van der Waals surface area contributed by atoms with Gasteiger partial charge in [0.25, 0.3) is 0 Å². The molecule has 0 aromatic carbocycles. The number of hydrogen-bond donors (Lipinski definition) is 0. The third-order valence-corrected chi connectivity index (χ3v) is 0. The zero-order valence-corrected chi connectivity index (χ0v) is 3.23. The van der Waals surface area contributed by atoms with Gasteiger partial charge in [0.15, 0.2) is 0 Å². The second kappa shape index (κ2) is 92.0. The molecule has 0 radical (unpaired) electrons. The highest BCUT2D eigenvalue weighted by molar-refractivity contribution is 5.38. The second-order valence-corrected chi connectivity index (χ2v) is 0.289. The van der Waals surface area contributed by atoms with Crippen LogP contribution < -0.4 is 0 Å². The molecule has 0 bridgehead atoms. The Morgan fingerprint density at radius 1 is 1.00 bits per heavy atom. The quantitative estimate of drug-likeness (QED) is 0.419. The van der Waals surface area contributed by atoms with E-state index in [2.05, 4.69) is 13.2 Å². The summed E-state index contributed by atoms with van der Waals surface area (Å²) >= 11 is 0. The van der Waals surface area contributed by atoms with Crippen molar-refractivity contribution in [3.05, 3.63) is 13.2 Å². The van der Waals surface area contributed by atoms with Crippen LogP contribution in [0.1, 0.15) is 7.43 Å². The van der Waals surface area contributed by atoms with E-state index < -0.39 is 0 Å². The van der Waals surface area contributed by atoms with Gasteiger partial charge in [-0.3, -0.25) is 0 Å². The van der Waals surface area contributed by atoms with Crippen LogP contribution in [0.4, 0.5) is 0 Å². The van der Waals surface area contributed by atoms with Crippen LogP contribution in [-0.2, 0) is 9.59 Å². The van der Waals surface area contributed by atoms with Crippen LogP contribution in [0.2, 0.25) is 0 Å². The maximum absolute atomic E-state index is 8.57. The summed E-state index contributed by atoms with van der Waals surface area (Å²) < 4.78 is 0. The van der Waals surface area contributed by atoms with Gasteiger partial charge >= 0.3 is 0 Å². The van der Waals surface area contributed by atoms with Gasteiger partial charge in [-0.2, -0.15) is 0 Å². The Morgan fingerprint density at radius 2 is 1.00 bits per heavy atom. The predicted molar refractivity (Wildman–Crippen MR) is 29.4 cm³/mol. The molecule has 2 nitrogen and oxygen atoms in total. The number of rotatable bonds is 0. The second-order valence-electron chi connectivity index (χ2n) is 0.289. The minimum atomic E-state index is 0. The van der Waals surface area contributed by atoms with Crippen LogP contribution in [0, 0.1) is 0 Å². The molecule has 0 fully saturated rings. The summed E-state index contributed by atoms with van der Waals surface area (Å²) in [5.41, 5.74) is 0. The van der Waals surface area contributed by atoms with Crippen molar-refractivity contribution >= 4 is 11.9 Å². The van der Waals surface area contributed by atoms with Crippen molar-refractivity contribution in [3.8, 4) is 0 Å². The molecular weight excluding hydrogens is 92.1 g/mol. The molecule has 0 heterocycles.